The number of nitrogens with zero attached hydrogens (tertiary/aromatic N) is 1. The van der Waals surface area contributed by atoms with Crippen LogP contribution in [0.25, 0.3) is 0 Å². The Morgan fingerprint density at radius 1 is 1.30 bits per heavy atom. The Labute approximate surface area is 127 Å². The van der Waals surface area contributed by atoms with Gasteiger partial charge in [-0.1, -0.05) is 38.3 Å². The molecule has 20 heavy (non-hydrogen) atoms. The SMILES string of the molecule is CC(C)NCc1cnc(OC2CCCCCC2)c(Cl)c1. The first-order valence-corrected chi connectivity index (χ1v) is 8.07. The molecule has 0 spiro atoms. The third kappa shape index (κ3) is 4.95. The zero-order valence-electron chi connectivity index (χ0n) is 12.5. The fraction of sp³-hybridized carbons (Fsp3) is 0.688. The molecule has 1 aliphatic carbocycles. The van der Waals surface area contributed by atoms with Gasteiger partial charge in [0.05, 0.1) is 0 Å². The predicted molar refractivity (Wildman–Crippen MR) is 83.3 cm³/mol. The van der Waals surface area contributed by atoms with Gasteiger partial charge in [0.25, 0.3) is 0 Å². The minimum Gasteiger partial charge on any atom is -0.473 e. The number of nitrogens with one attached hydrogen (secondary N) is 1. The summed E-state index contributed by atoms with van der Waals surface area (Å²) in [6.45, 7) is 5.03. The molecule has 2 rings (SSSR count). The van der Waals surface area contributed by atoms with Gasteiger partial charge in [-0.3, -0.25) is 0 Å². The lowest BCUT2D eigenvalue weighted by Crippen LogP contribution is -2.22. The maximum Gasteiger partial charge on any atom is 0.232 e. The highest BCUT2D eigenvalue weighted by atomic mass is 35.5. The Morgan fingerprint density at radius 3 is 2.60 bits per heavy atom. The van der Waals surface area contributed by atoms with Crippen LogP contribution < -0.4 is 10.1 Å². The number of ether oxygens (including phenoxy) is 1. The van der Waals surface area contributed by atoms with Gasteiger partial charge in [0.2, 0.25) is 5.88 Å². The molecule has 112 valence electrons. The number of hydrogen-bond acceptors (Lipinski definition) is 3. The van der Waals surface area contributed by atoms with Crippen LogP contribution in [0.5, 0.6) is 5.88 Å². The molecular formula is C16H25ClN2O. The van der Waals surface area contributed by atoms with E-state index in [1.165, 1.54) is 25.7 Å². The standard InChI is InChI=1S/C16H25ClN2O/c1-12(2)18-10-13-9-15(17)16(19-11-13)20-14-7-5-3-4-6-8-14/h9,11-12,14,18H,3-8,10H2,1-2H3. The third-order valence-electron chi connectivity index (χ3n) is 3.66. The highest BCUT2D eigenvalue weighted by Crippen LogP contribution is 2.27. The average molecular weight is 297 g/mol. The van der Waals surface area contributed by atoms with Gasteiger partial charge >= 0.3 is 0 Å². The summed E-state index contributed by atoms with van der Waals surface area (Å²) < 4.78 is 5.98. The summed E-state index contributed by atoms with van der Waals surface area (Å²) >= 11 is 6.29. The number of pyridine rings is 1. The van der Waals surface area contributed by atoms with Crippen LogP contribution in [0.4, 0.5) is 0 Å². The van der Waals surface area contributed by atoms with Crippen molar-refractivity contribution in [2.24, 2.45) is 0 Å². The second-order valence-corrected chi connectivity index (χ2v) is 6.30. The fourth-order valence-corrected chi connectivity index (χ4v) is 2.72. The molecule has 1 N–H and O–H groups in total. The van der Waals surface area contributed by atoms with Gasteiger partial charge in [-0.05, 0) is 37.3 Å². The highest BCUT2D eigenvalue weighted by Gasteiger charge is 2.16. The molecule has 1 aromatic heterocycles. The van der Waals surface area contributed by atoms with Crippen LogP contribution in [0.1, 0.15) is 57.9 Å². The summed E-state index contributed by atoms with van der Waals surface area (Å²) in [6.07, 6.45) is 9.51. The maximum absolute atomic E-state index is 6.29. The molecule has 0 bridgehead atoms. The molecule has 1 aliphatic rings. The number of rotatable bonds is 5. The van der Waals surface area contributed by atoms with Gasteiger partial charge in [0.1, 0.15) is 11.1 Å². The van der Waals surface area contributed by atoms with Gasteiger partial charge < -0.3 is 10.1 Å². The Morgan fingerprint density at radius 2 is 2.00 bits per heavy atom. The van der Waals surface area contributed by atoms with E-state index in [-0.39, 0.29) is 6.10 Å². The molecule has 0 unspecified atom stereocenters. The van der Waals surface area contributed by atoms with Crippen molar-refractivity contribution in [2.45, 2.75) is 71.1 Å². The summed E-state index contributed by atoms with van der Waals surface area (Å²) in [4.78, 5) is 4.39. The van der Waals surface area contributed by atoms with Crippen molar-refractivity contribution in [3.8, 4) is 5.88 Å². The number of hydrogen-bond donors (Lipinski definition) is 1. The van der Waals surface area contributed by atoms with Crippen molar-refractivity contribution in [3.63, 3.8) is 0 Å². The number of halogens is 1. The first-order valence-electron chi connectivity index (χ1n) is 7.69. The smallest absolute Gasteiger partial charge is 0.232 e. The zero-order valence-corrected chi connectivity index (χ0v) is 13.2. The first-order chi connectivity index (χ1) is 9.65. The molecule has 0 amide bonds. The molecule has 1 saturated carbocycles. The van der Waals surface area contributed by atoms with E-state index < -0.39 is 0 Å². The van der Waals surface area contributed by atoms with Crippen molar-refractivity contribution in [1.29, 1.82) is 0 Å². The second-order valence-electron chi connectivity index (χ2n) is 5.90. The fourth-order valence-electron chi connectivity index (χ4n) is 2.49. The molecule has 1 heterocycles. The summed E-state index contributed by atoms with van der Waals surface area (Å²) in [5, 5.41) is 3.98. The van der Waals surface area contributed by atoms with Gasteiger partial charge in [0.15, 0.2) is 0 Å². The van der Waals surface area contributed by atoms with Gasteiger partial charge in [0, 0.05) is 18.8 Å². The quantitative estimate of drug-likeness (QED) is 0.821. The second kappa shape index (κ2) is 7.84. The maximum atomic E-state index is 6.29. The molecule has 0 radical (unpaired) electrons. The van der Waals surface area contributed by atoms with Crippen molar-refractivity contribution >= 4 is 11.6 Å². The van der Waals surface area contributed by atoms with Gasteiger partial charge in [-0.2, -0.15) is 0 Å². The highest BCUT2D eigenvalue weighted by molar-refractivity contribution is 6.31. The first kappa shape index (κ1) is 15.6. The lowest BCUT2D eigenvalue weighted by atomic mass is 10.1. The van der Waals surface area contributed by atoms with E-state index in [0.29, 0.717) is 16.9 Å². The van der Waals surface area contributed by atoms with E-state index >= 15 is 0 Å². The Balaban J connectivity index is 1.94. The van der Waals surface area contributed by atoms with Crippen LogP contribution in [-0.2, 0) is 6.54 Å². The third-order valence-corrected chi connectivity index (χ3v) is 3.93. The molecule has 3 nitrogen and oxygen atoms in total. The molecule has 0 atom stereocenters. The Bertz CT molecular complexity index is 415. The molecular weight excluding hydrogens is 272 g/mol. The summed E-state index contributed by atoms with van der Waals surface area (Å²) in [5.41, 5.74) is 1.09. The van der Waals surface area contributed by atoms with E-state index in [1.54, 1.807) is 0 Å². The normalized spacial score (nSPS) is 17.2. The number of aromatic nitrogens is 1. The van der Waals surface area contributed by atoms with Crippen LogP contribution in [0.3, 0.4) is 0 Å². The van der Waals surface area contributed by atoms with Crippen molar-refractivity contribution in [2.75, 3.05) is 0 Å². The minimum absolute atomic E-state index is 0.280. The Kier molecular flexibility index (Phi) is 6.11. The van der Waals surface area contributed by atoms with Gasteiger partial charge in [-0.15, -0.1) is 0 Å². The van der Waals surface area contributed by atoms with Crippen LogP contribution in [-0.4, -0.2) is 17.1 Å². The van der Waals surface area contributed by atoms with E-state index in [2.05, 4.69) is 24.1 Å². The lowest BCUT2D eigenvalue weighted by Gasteiger charge is -2.17. The van der Waals surface area contributed by atoms with E-state index in [1.807, 2.05) is 12.3 Å². The largest absolute Gasteiger partial charge is 0.473 e. The monoisotopic (exact) mass is 296 g/mol. The summed E-state index contributed by atoms with van der Waals surface area (Å²) in [7, 11) is 0. The van der Waals surface area contributed by atoms with Crippen molar-refractivity contribution in [1.82, 2.24) is 10.3 Å². The molecule has 0 aromatic carbocycles. The zero-order chi connectivity index (χ0) is 14.4. The van der Waals surface area contributed by atoms with Crippen LogP contribution >= 0.6 is 11.6 Å². The lowest BCUT2D eigenvalue weighted by molar-refractivity contribution is 0.176. The molecule has 4 heteroatoms. The van der Waals surface area contributed by atoms with E-state index in [0.717, 1.165) is 24.9 Å². The topological polar surface area (TPSA) is 34.2 Å². The predicted octanol–water partition coefficient (Wildman–Crippen LogP) is 4.33. The molecule has 1 aromatic rings. The average Bonchev–Trinajstić information content (AvgIpc) is 2.68. The van der Waals surface area contributed by atoms with Crippen molar-refractivity contribution in [3.05, 3.63) is 22.8 Å². The van der Waals surface area contributed by atoms with Crippen LogP contribution in [0.15, 0.2) is 12.3 Å². The molecule has 0 aliphatic heterocycles. The van der Waals surface area contributed by atoms with Crippen LogP contribution in [0.2, 0.25) is 5.02 Å². The minimum atomic E-state index is 0.280. The van der Waals surface area contributed by atoms with Crippen molar-refractivity contribution < 1.29 is 4.74 Å². The molecule has 1 fully saturated rings. The van der Waals surface area contributed by atoms with E-state index in [4.69, 9.17) is 16.3 Å². The van der Waals surface area contributed by atoms with Crippen LogP contribution in [0, 0.1) is 0 Å². The summed E-state index contributed by atoms with van der Waals surface area (Å²) in [5.74, 6) is 0.590. The molecule has 0 saturated heterocycles. The van der Waals surface area contributed by atoms with E-state index in [9.17, 15) is 0 Å². The Hall–Kier alpha value is -0.800. The summed E-state index contributed by atoms with van der Waals surface area (Å²) in [6, 6.07) is 2.41. The van der Waals surface area contributed by atoms with Gasteiger partial charge in [-0.25, -0.2) is 4.98 Å².